The first kappa shape index (κ1) is 12.6. The second kappa shape index (κ2) is 5.56. The molecule has 2 nitrogen and oxygen atoms in total. The largest absolute Gasteiger partial charge is 0.315 e. The number of halogens is 1. The number of hydrogen-bond acceptors (Lipinski definition) is 2. The summed E-state index contributed by atoms with van der Waals surface area (Å²) >= 11 is 7.46. The van der Waals surface area contributed by atoms with E-state index in [9.17, 15) is 4.79 Å². The summed E-state index contributed by atoms with van der Waals surface area (Å²) in [5.41, 5.74) is 2.03. The van der Waals surface area contributed by atoms with Gasteiger partial charge in [-0.25, -0.2) is 0 Å². The number of hydrogen-bond donors (Lipinski definition) is 1. The Labute approximate surface area is 104 Å². The fraction of sp³-hybridized carbons (Fsp3) is 0.364. The molecule has 0 saturated carbocycles. The molecule has 1 aromatic carbocycles. The van der Waals surface area contributed by atoms with Gasteiger partial charge in [0, 0.05) is 23.6 Å². The van der Waals surface area contributed by atoms with Crippen LogP contribution in [-0.4, -0.2) is 18.7 Å². The maximum atomic E-state index is 11.7. The zero-order chi connectivity index (χ0) is 11.4. The third-order valence-electron chi connectivity index (χ3n) is 2.23. The van der Waals surface area contributed by atoms with E-state index in [1.54, 1.807) is 11.9 Å². The van der Waals surface area contributed by atoms with Crippen molar-refractivity contribution in [1.82, 2.24) is 0 Å². The number of rotatable bonds is 3. The highest BCUT2D eigenvalue weighted by molar-refractivity contribution is 9.10. The zero-order valence-electron chi connectivity index (χ0n) is 8.83. The molecule has 0 fully saturated rings. The van der Waals surface area contributed by atoms with Gasteiger partial charge in [0.05, 0.1) is 0 Å². The highest BCUT2D eigenvalue weighted by Gasteiger charge is 2.12. The molecule has 15 heavy (non-hydrogen) atoms. The normalized spacial score (nSPS) is 10.1. The average molecular weight is 288 g/mol. The fourth-order valence-corrected chi connectivity index (χ4v) is 1.88. The van der Waals surface area contributed by atoms with Crippen LogP contribution in [0.1, 0.15) is 12.0 Å². The summed E-state index contributed by atoms with van der Waals surface area (Å²) in [6, 6.07) is 5.91. The lowest BCUT2D eigenvalue weighted by Gasteiger charge is -2.19. The van der Waals surface area contributed by atoms with Crippen molar-refractivity contribution < 1.29 is 4.79 Å². The molecular formula is C11H14BrNOS. The van der Waals surface area contributed by atoms with E-state index in [4.69, 9.17) is 0 Å². The first-order valence-corrected chi connectivity index (χ1v) is 6.12. The molecule has 82 valence electrons. The predicted octanol–water partition coefficient (Wildman–Crippen LogP) is 3.04. The van der Waals surface area contributed by atoms with E-state index in [0.717, 1.165) is 15.7 Å². The minimum atomic E-state index is 0.0891. The Morgan fingerprint density at radius 2 is 2.20 bits per heavy atom. The molecule has 0 heterocycles. The summed E-state index contributed by atoms with van der Waals surface area (Å²) in [5, 5.41) is 0. The van der Waals surface area contributed by atoms with Crippen LogP contribution >= 0.6 is 28.6 Å². The standard InChI is InChI=1S/C11H14BrNOS/c1-8-3-4-9(12)7-10(8)13(2)11(14)5-6-15/h3-4,7,15H,5-6H2,1-2H3. The highest BCUT2D eigenvalue weighted by Crippen LogP contribution is 2.24. The van der Waals surface area contributed by atoms with Crippen LogP contribution in [0.2, 0.25) is 0 Å². The third-order valence-corrected chi connectivity index (χ3v) is 2.95. The molecule has 0 bridgehead atoms. The van der Waals surface area contributed by atoms with E-state index in [-0.39, 0.29) is 5.91 Å². The van der Waals surface area contributed by atoms with Crippen LogP contribution in [0.5, 0.6) is 0 Å². The smallest absolute Gasteiger partial charge is 0.227 e. The summed E-state index contributed by atoms with van der Waals surface area (Å²) in [4.78, 5) is 13.3. The molecule has 0 N–H and O–H groups in total. The summed E-state index contributed by atoms with van der Waals surface area (Å²) in [7, 11) is 1.79. The van der Waals surface area contributed by atoms with Crippen molar-refractivity contribution in [3.05, 3.63) is 28.2 Å². The maximum Gasteiger partial charge on any atom is 0.227 e. The molecule has 0 saturated heterocycles. The Kier molecular flexibility index (Phi) is 4.67. The van der Waals surface area contributed by atoms with Crippen LogP contribution in [0, 0.1) is 6.92 Å². The fourth-order valence-electron chi connectivity index (χ4n) is 1.34. The van der Waals surface area contributed by atoms with Crippen LogP contribution in [0.4, 0.5) is 5.69 Å². The second-order valence-corrected chi connectivity index (χ2v) is 4.72. The molecule has 4 heteroatoms. The van der Waals surface area contributed by atoms with E-state index in [2.05, 4.69) is 28.6 Å². The van der Waals surface area contributed by atoms with E-state index in [0.29, 0.717) is 12.2 Å². The van der Waals surface area contributed by atoms with E-state index in [1.165, 1.54) is 0 Å². The molecular weight excluding hydrogens is 274 g/mol. The SMILES string of the molecule is Cc1ccc(Br)cc1N(C)C(=O)CCS. The van der Waals surface area contributed by atoms with Gasteiger partial charge in [0.2, 0.25) is 5.91 Å². The zero-order valence-corrected chi connectivity index (χ0v) is 11.3. The van der Waals surface area contributed by atoms with E-state index >= 15 is 0 Å². The highest BCUT2D eigenvalue weighted by atomic mass is 79.9. The molecule has 0 aliphatic rings. The van der Waals surface area contributed by atoms with Gasteiger partial charge in [-0.05, 0) is 30.4 Å². The number of aryl methyl sites for hydroxylation is 1. The molecule has 0 spiro atoms. The minimum Gasteiger partial charge on any atom is -0.315 e. The molecule has 1 amide bonds. The van der Waals surface area contributed by atoms with Gasteiger partial charge in [-0.3, -0.25) is 4.79 Å². The van der Waals surface area contributed by atoms with Gasteiger partial charge >= 0.3 is 0 Å². The molecule has 0 unspecified atom stereocenters. The number of carbonyl (C=O) groups is 1. The quantitative estimate of drug-likeness (QED) is 0.848. The number of thiol groups is 1. The Bertz CT molecular complexity index is 368. The Hall–Kier alpha value is -0.480. The van der Waals surface area contributed by atoms with Gasteiger partial charge in [-0.1, -0.05) is 22.0 Å². The van der Waals surface area contributed by atoms with Crippen LogP contribution in [0.3, 0.4) is 0 Å². The topological polar surface area (TPSA) is 20.3 Å². The van der Waals surface area contributed by atoms with Crippen molar-refractivity contribution in [3.63, 3.8) is 0 Å². The summed E-state index contributed by atoms with van der Waals surface area (Å²) < 4.78 is 0.980. The van der Waals surface area contributed by atoms with E-state index in [1.807, 2.05) is 25.1 Å². The molecule has 1 aromatic rings. The first-order chi connectivity index (χ1) is 7.06. The minimum absolute atomic E-state index is 0.0891. The van der Waals surface area contributed by atoms with Gasteiger partial charge in [0.1, 0.15) is 0 Å². The van der Waals surface area contributed by atoms with Crippen molar-refractivity contribution in [2.75, 3.05) is 17.7 Å². The number of benzene rings is 1. The van der Waals surface area contributed by atoms with Gasteiger partial charge in [0.25, 0.3) is 0 Å². The Balaban J connectivity index is 2.94. The van der Waals surface area contributed by atoms with Gasteiger partial charge in [-0.2, -0.15) is 12.6 Å². The van der Waals surface area contributed by atoms with Crippen LogP contribution in [-0.2, 0) is 4.79 Å². The Morgan fingerprint density at radius 3 is 2.80 bits per heavy atom. The lowest BCUT2D eigenvalue weighted by atomic mass is 10.2. The van der Waals surface area contributed by atoms with Crippen molar-refractivity contribution in [3.8, 4) is 0 Å². The van der Waals surface area contributed by atoms with E-state index < -0.39 is 0 Å². The lowest BCUT2D eigenvalue weighted by Crippen LogP contribution is -2.26. The molecule has 0 atom stereocenters. The van der Waals surface area contributed by atoms with Crippen LogP contribution in [0.25, 0.3) is 0 Å². The number of carbonyl (C=O) groups excluding carboxylic acids is 1. The van der Waals surface area contributed by atoms with Crippen molar-refractivity contribution in [2.24, 2.45) is 0 Å². The summed E-state index contributed by atoms with van der Waals surface area (Å²) in [6.45, 7) is 1.99. The maximum absolute atomic E-state index is 11.7. The number of nitrogens with zero attached hydrogens (tertiary/aromatic N) is 1. The van der Waals surface area contributed by atoms with Crippen molar-refractivity contribution in [2.45, 2.75) is 13.3 Å². The second-order valence-electron chi connectivity index (χ2n) is 3.36. The van der Waals surface area contributed by atoms with Gasteiger partial charge in [-0.15, -0.1) is 0 Å². The molecule has 0 aliphatic heterocycles. The van der Waals surface area contributed by atoms with Crippen molar-refractivity contribution >= 4 is 40.2 Å². The third kappa shape index (κ3) is 3.24. The van der Waals surface area contributed by atoms with Gasteiger partial charge < -0.3 is 4.90 Å². The number of amides is 1. The molecule has 0 radical (unpaired) electrons. The average Bonchev–Trinajstić information content (AvgIpc) is 2.21. The monoisotopic (exact) mass is 287 g/mol. The molecule has 1 rings (SSSR count). The van der Waals surface area contributed by atoms with Gasteiger partial charge in [0.15, 0.2) is 0 Å². The first-order valence-electron chi connectivity index (χ1n) is 4.70. The predicted molar refractivity (Wildman–Crippen MR) is 70.8 cm³/mol. The molecule has 0 aliphatic carbocycles. The Morgan fingerprint density at radius 1 is 1.53 bits per heavy atom. The molecule has 0 aromatic heterocycles. The van der Waals surface area contributed by atoms with Crippen LogP contribution < -0.4 is 4.90 Å². The van der Waals surface area contributed by atoms with Crippen LogP contribution in [0.15, 0.2) is 22.7 Å². The van der Waals surface area contributed by atoms with Crippen molar-refractivity contribution in [1.29, 1.82) is 0 Å². The summed E-state index contributed by atoms with van der Waals surface area (Å²) in [6.07, 6.45) is 0.464. The lowest BCUT2D eigenvalue weighted by molar-refractivity contribution is -0.117. The number of anilines is 1. The summed E-state index contributed by atoms with van der Waals surface area (Å²) in [5.74, 6) is 0.669.